The Morgan fingerprint density at radius 2 is 2.11 bits per heavy atom. The number of pyridine rings is 1. The Labute approximate surface area is 159 Å². The minimum Gasteiger partial charge on any atom is -0.480 e. The third kappa shape index (κ3) is 3.94. The lowest BCUT2D eigenvalue weighted by molar-refractivity contribution is -0.143. The number of hydrogen-bond donors (Lipinski definition) is 1. The molecule has 2 aromatic rings. The van der Waals surface area contributed by atoms with E-state index in [1.54, 1.807) is 30.2 Å². The lowest BCUT2D eigenvalue weighted by Crippen LogP contribution is -2.40. The highest BCUT2D eigenvalue weighted by molar-refractivity contribution is 6.31. The smallest absolute Gasteiger partial charge is 0.416 e. The predicted octanol–water partition coefficient (Wildman–Crippen LogP) is 4.70. The van der Waals surface area contributed by atoms with E-state index in [2.05, 4.69) is 4.98 Å². The van der Waals surface area contributed by atoms with Crippen LogP contribution in [0.1, 0.15) is 41.3 Å². The summed E-state index contributed by atoms with van der Waals surface area (Å²) in [6.45, 7) is 2.23. The summed E-state index contributed by atoms with van der Waals surface area (Å²) in [5, 5.41) is 9.72. The van der Waals surface area contributed by atoms with Crippen molar-refractivity contribution in [3.8, 4) is 0 Å². The van der Waals surface area contributed by atoms with Gasteiger partial charge in [0.25, 0.3) is 0 Å². The molecule has 0 saturated carbocycles. The summed E-state index contributed by atoms with van der Waals surface area (Å²) in [5.74, 6) is -1.01. The number of likely N-dealkylation sites (tertiary alicyclic amines) is 1. The molecule has 1 N–H and O–H groups in total. The molecular weight excluding hydrogens is 381 g/mol. The monoisotopic (exact) mass is 398 g/mol. The predicted molar refractivity (Wildman–Crippen MR) is 94.6 cm³/mol. The standard InChI is InChI=1S/C19H18ClF3N2O2/c1-11-4-2-8-24-16(11)17(25-9-3-5-15(25)18(26)27)13-10-12(19(21,22)23)6-7-14(13)20/h2,4,6-8,10,15,17H,3,5,9H2,1H3,(H,26,27). The van der Waals surface area contributed by atoms with Gasteiger partial charge in [0.15, 0.2) is 0 Å². The molecule has 1 aromatic carbocycles. The van der Waals surface area contributed by atoms with E-state index in [0.29, 0.717) is 25.1 Å². The van der Waals surface area contributed by atoms with Crippen LogP contribution in [0.3, 0.4) is 0 Å². The van der Waals surface area contributed by atoms with Crippen molar-refractivity contribution in [3.63, 3.8) is 0 Å². The zero-order chi connectivity index (χ0) is 19.8. The number of hydrogen-bond acceptors (Lipinski definition) is 3. The van der Waals surface area contributed by atoms with Gasteiger partial charge < -0.3 is 5.11 Å². The number of benzene rings is 1. The van der Waals surface area contributed by atoms with E-state index >= 15 is 0 Å². The molecule has 0 radical (unpaired) electrons. The van der Waals surface area contributed by atoms with Crippen molar-refractivity contribution in [2.45, 2.75) is 38.0 Å². The molecule has 0 aliphatic carbocycles. The summed E-state index contributed by atoms with van der Waals surface area (Å²) < 4.78 is 39.8. The van der Waals surface area contributed by atoms with Crippen molar-refractivity contribution < 1.29 is 23.1 Å². The number of aromatic nitrogens is 1. The van der Waals surface area contributed by atoms with Gasteiger partial charge in [-0.15, -0.1) is 0 Å². The molecule has 0 amide bonds. The zero-order valence-corrected chi connectivity index (χ0v) is 15.3. The summed E-state index contributed by atoms with van der Waals surface area (Å²) in [4.78, 5) is 17.7. The van der Waals surface area contributed by atoms with Crippen molar-refractivity contribution in [1.29, 1.82) is 0 Å². The van der Waals surface area contributed by atoms with Gasteiger partial charge in [-0.1, -0.05) is 17.7 Å². The van der Waals surface area contributed by atoms with Crippen molar-refractivity contribution in [2.75, 3.05) is 6.54 Å². The van der Waals surface area contributed by atoms with Gasteiger partial charge in [-0.2, -0.15) is 13.2 Å². The highest BCUT2D eigenvalue weighted by atomic mass is 35.5. The number of nitrogens with zero attached hydrogens (tertiary/aromatic N) is 2. The Kier molecular flexibility index (Phi) is 5.44. The van der Waals surface area contributed by atoms with Crippen molar-refractivity contribution in [3.05, 3.63) is 63.9 Å². The Hall–Kier alpha value is -2.12. The number of carboxylic acids is 1. The van der Waals surface area contributed by atoms with E-state index in [1.165, 1.54) is 6.07 Å². The second-order valence-electron chi connectivity index (χ2n) is 6.58. The van der Waals surface area contributed by atoms with E-state index in [9.17, 15) is 23.1 Å². The Morgan fingerprint density at radius 1 is 1.37 bits per heavy atom. The molecule has 2 atom stereocenters. The first-order valence-electron chi connectivity index (χ1n) is 8.47. The average Bonchev–Trinajstić information content (AvgIpc) is 3.07. The van der Waals surface area contributed by atoms with Crippen LogP contribution in [-0.4, -0.2) is 33.5 Å². The van der Waals surface area contributed by atoms with Crippen LogP contribution in [0.15, 0.2) is 36.5 Å². The molecule has 4 nitrogen and oxygen atoms in total. The molecule has 8 heteroatoms. The van der Waals surface area contributed by atoms with Crippen LogP contribution in [0.4, 0.5) is 13.2 Å². The summed E-state index contributed by atoms with van der Waals surface area (Å²) in [7, 11) is 0. The Bertz CT molecular complexity index is 857. The number of aliphatic carboxylic acids is 1. The fourth-order valence-corrected chi connectivity index (χ4v) is 3.78. The maximum atomic E-state index is 13.3. The molecule has 0 spiro atoms. The van der Waals surface area contributed by atoms with E-state index in [4.69, 9.17) is 11.6 Å². The minimum absolute atomic E-state index is 0.147. The molecule has 1 aliphatic heterocycles. The van der Waals surface area contributed by atoms with Crippen LogP contribution in [0.2, 0.25) is 5.02 Å². The molecule has 1 aliphatic rings. The number of carbonyl (C=O) groups is 1. The molecular formula is C19H18ClF3N2O2. The van der Waals surface area contributed by atoms with Gasteiger partial charge in [-0.3, -0.25) is 14.7 Å². The SMILES string of the molecule is Cc1cccnc1C(c1cc(C(F)(F)F)ccc1Cl)N1CCCC1C(=O)O. The van der Waals surface area contributed by atoms with Gasteiger partial charge >= 0.3 is 12.1 Å². The maximum Gasteiger partial charge on any atom is 0.416 e. The van der Waals surface area contributed by atoms with Crippen LogP contribution in [0.25, 0.3) is 0 Å². The van der Waals surface area contributed by atoms with Crippen LogP contribution >= 0.6 is 11.6 Å². The van der Waals surface area contributed by atoms with Crippen LogP contribution in [-0.2, 0) is 11.0 Å². The van der Waals surface area contributed by atoms with Crippen molar-refractivity contribution in [1.82, 2.24) is 9.88 Å². The number of aryl methyl sites for hydroxylation is 1. The normalized spacial score (nSPS) is 19.2. The van der Waals surface area contributed by atoms with Crippen molar-refractivity contribution in [2.24, 2.45) is 0 Å². The summed E-state index contributed by atoms with van der Waals surface area (Å²) in [6.07, 6.45) is -1.92. The first-order valence-corrected chi connectivity index (χ1v) is 8.84. The highest BCUT2D eigenvalue weighted by Gasteiger charge is 2.40. The van der Waals surface area contributed by atoms with Crippen LogP contribution in [0, 0.1) is 6.92 Å². The fraction of sp³-hybridized carbons (Fsp3) is 0.368. The van der Waals surface area contributed by atoms with Gasteiger partial charge in [-0.05, 0) is 55.2 Å². The second kappa shape index (κ2) is 7.48. The fourth-order valence-electron chi connectivity index (χ4n) is 3.56. The molecule has 1 saturated heterocycles. The lowest BCUT2D eigenvalue weighted by atomic mass is 9.95. The first-order chi connectivity index (χ1) is 12.7. The lowest BCUT2D eigenvalue weighted by Gasteiger charge is -2.32. The van der Waals surface area contributed by atoms with Gasteiger partial charge in [0, 0.05) is 17.8 Å². The number of rotatable bonds is 4. The molecule has 27 heavy (non-hydrogen) atoms. The minimum atomic E-state index is -4.53. The molecule has 2 unspecified atom stereocenters. The van der Waals surface area contributed by atoms with Crippen LogP contribution < -0.4 is 0 Å². The quantitative estimate of drug-likeness (QED) is 0.811. The van der Waals surface area contributed by atoms with E-state index in [-0.39, 0.29) is 10.6 Å². The van der Waals surface area contributed by atoms with Gasteiger partial charge in [-0.25, -0.2) is 0 Å². The van der Waals surface area contributed by atoms with Crippen LogP contribution in [0.5, 0.6) is 0 Å². The van der Waals surface area contributed by atoms with Gasteiger partial charge in [0.05, 0.1) is 17.3 Å². The molecule has 1 fully saturated rings. The van der Waals surface area contributed by atoms with E-state index < -0.39 is 29.8 Å². The molecule has 1 aromatic heterocycles. The Morgan fingerprint density at radius 3 is 2.74 bits per heavy atom. The van der Waals surface area contributed by atoms with E-state index in [0.717, 1.165) is 17.7 Å². The molecule has 3 rings (SSSR count). The zero-order valence-electron chi connectivity index (χ0n) is 14.5. The maximum absolute atomic E-state index is 13.3. The summed E-state index contributed by atoms with van der Waals surface area (Å²) >= 11 is 6.28. The van der Waals surface area contributed by atoms with Crippen molar-refractivity contribution >= 4 is 17.6 Å². The Balaban J connectivity index is 2.20. The van der Waals surface area contributed by atoms with Gasteiger partial charge in [0.1, 0.15) is 6.04 Å². The first kappa shape index (κ1) is 19.6. The average molecular weight is 399 g/mol. The number of alkyl halides is 3. The molecule has 144 valence electrons. The summed E-state index contributed by atoms with van der Waals surface area (Å²) in [5.41, 5.74) is 0.645. The topological polar surface area (TPSA) is 53.4 Å². The third-order valence-electron chi connectivity index (χ3n) is 4.84. The number of carboxylic acid groups (broad SMARTS) is 1. The largest absolute Gasteiger partial charge is 0.480 e. The number of halogens is 4. The third-order valence-corrected chi connectivity index (χ3v) is 5.18. The second-order valence-corrected chi connectivity index (χ2v) is 6.98. The highest BCUT2D eigenvalue weighted by Crippen LogP contribution is 2.41. The van der Waals surface area contributed by atoms with E-state index in [1.807, 2.05) is 0 Å². The molecule has 0 bridgehead atoms. The van der Waals surface area contributed by atoms with Gasteiger partial charge in [0.2, 0.25) is 0 Å². The summed E-state index contributed by atoms with van der Waals surface area (Å²) in [6, 6.07) is 5.07. The molecule has 2 heterocycles.